The van der Waals surface area contributed by atoms with Crippen LogP contribution in [-0.4, -0.2) is 41.4 Å². The number of rotatable bonds is 6. The molecule has 1 N–H and O–H groups in total. The number of methoxy groups -OCH3 is 1. The molecule has 17 heavy (non-hydrogen) atoms. The van der Waals surface area contributed by atoms with Crippen LogP contribution >= 0.6 is 0 Å². The molecule has 0 radical (unpaired) electrons. The van der Waals surface area contributed by atoms with Gasteiger partial charge in [-0.05, 0) is 20.8 Å². The molecule has 1 heterocycles. The van der Waals surface area contributed by atoms with Gasteiger partial charge in [-0.25, -0.2) is 9.97 Å². The van der Waals surface area contributed by atoms with Crippen LogP contribution < -0.4 is 4.90 Å². The Bertz CT molecular complexity index is 356. The van der Waals surface area contributed by atoms with Crippen molar-refractivity contribution in [1.82, 2.24) is 9.97 Å². The van der Waals surface area contributed by atoms with Gasteiger partial charge in [0.25, 0.3) is 0 Å². The Hall–Kier alpha value is -1.20. The Morgan fingerprint density at radius 2 is 2.18 bits per heavy atom. The fourth-order valence-electron chi connectivity index (χ4n) is 1.55. The number of aryl methyl sites for hydroxylation is 1. The lowest BCUT2D eigenvalue weighted by Crippen LogP contribution is -2.35. The Labute approximate surface area is 102 Å². The number of anilines is 1. The molecule has 0 saturated heterocycles. The summed E-state index contributed by atoms with van der Waals surface area (Å²) in [4.78, 5) is 10.8. The molecule has 0 bridgehead atoms. The summed E-state index contributed by atoms with van der Waals surface area (Å²) >= 11 is 0. The average molecular weight is 239 g/mol. The number of ether oxygens (including phenoxy) is 1. The van der Waals surface area contributed by atoms with Gasteiger partial charge in [0.1, 0.15) is 0 Å². The van der Waals surface area contributed by atoms with Crippen molar-refractivity contribution in [3.63, 3.8) is 0 Å². The van der Waals surface area contributed by atoms with Crippen molar-refractivity contribution >= 4 is 5.95 Å². The predicted molar refractivity (Wildman–Crippen MR) is 67.0 cm³/mol. The summed E-state index contributed by atoms with van der Waals surface area (Å²) in [5.41, 5.74) is 1.59. The number of hydrogen-bond donors (Lipinski definition) is 1. The van der Waals surface area contributed by atoms with E-state index in [1.54, 1.807) is 13.3 Å². The minimum atomic E-state index is -0.0220. The summed E-state index contributed by atoms with van der Waals surface area (Å²) in [6, 6.07) is 0.310. The van der Waals surface area contributed by atoms with E-state index in [0.717, 1.165) is 17.8 Å². The van der Waals surface area contributed by atoms with Crippen LogP contribution in [0.15, 0.2) is 6.20 Å². The third kappa shape index (κ3) is 3.64. The minimum absolute atomic E-state index is 0.0220. The first-order chi connectivity index (χ1) is 8.10. The van der Waals surface area contributed by atoms with Crippen molar-refractivity contribution in [2.75, 3.05) is 25.2 Å². The van der Waals surface area contributed by atoms with Gasteiger partial charge in [0.2, 0.25) is 5.95 Å². The van der Waals surface area contributed by atoms with Gasteiger partial charge in [-0.2, -0.15) is 0 Å². The number of aliphatic hydroxyl groups excluding tert-OH is 1. The quantitative estimate of drug-likeness (QED) is 0.806. The number of aliphatic hydroxyl groups is 1. The smallest absolute Gasteiger partial charge is 0.225 e. The molecule has 0 atom stereocenters. The van der Waals surface area contributed by atoms with Gasteiger partial charge in [-0.3, -0.25) is 0 Å². The molecule has 5 nitrogen and oxygen atoms in total. The summed E-state index contributed by atoms with van der Waals surface area (Å²) in [7, 11) is 1.68. The fourth-order valence-corrected chi connectivity index (χ4v) is 1.55. The molecule has 1 rings (SSSR count). The molecular weight excluding hydrogens is 218 g/mol. The first kappa shape index (κ1) is 13.9. The molecule has 96 valence electrons. The molecule has 1 aromatic rings. The summed E-state index contributed by atoms with van der Waals surface area (Å²) in [5.74, 6) is 0.687. The zero-order valence-corrected chi connectivity index (χ0v) is 11.0. The van der Waals surface area contributed by atoms with E-state index >= 15 is 0 Å². The van der Waals surface area contributed by atoms with E-state index in [0.29, 0.717) is 18.6 Å². The molecule has 0 fully saturated rings. The third-order valence-electron chi connectivity index (χ3n) is 2.66. The van der Waals surface area contributed by atoms with E-state index in [9.17, 15) is 0 Å². The first-order valence-electron chi connectivity index (χ1n) is 5.79. The van der Waals surface area contributed by atoms with E-state index in [4.69, 9.17) is 9.84 Å². The molecule has 5 heteroatoms. The van der Waals surface area contributed by atoms with Crippen LogP contribution in [-0.2, 0) is 11.3 Å². The number of aromatic nitrogens is 2. The standard InChI is InChI=1S/C12H21N3O2/c1-9(2)15(5-6-17-4)12-13-7-11(8-16)10(3)14-12/h7,9,16H,5-6,8H2,1-4H3. The van der Waals surface area contributed by atoms with Gasteiger partial charge in [0.05, 0.1) is 13.2 Å². The highest BCUT2D eigenvalue weighted by Gasteiger charge is 2.14. The summed E-state index contributed by atoms with van der Waals surface area (Å²) in [5, 5.41) is 9.08. The van der Waals surface area contributed by atoms with E-state index in [2.05, 4.69) is 28.7 Å². The molecular formula is C12H21N3O2. The molecule has 0 saturated carbocycles. The second-order valence-electron chi connectivity index (χ2n) is 4.22. The normalized spacial score (nSPS) is 10.9. The van der Waals surface area contributed by atoms with E-state index < -0.39 is 0 Å². The largest absolute Gasteiger partial charge is 0.392 e. The van der Waals surface area contributed by atoms with E-state index in [1.807, 2.05) is 6.92 Å². The lowest BCUT2D eigenvalue weighted by molar-refractivity contribution is 0.203. The SMILES string of the molecule is COCCN(c1ncc(CO)c(C)n1)C(C)C. The highest BCUT2D eigenvalue weighted by molar-refractivity contribution is 5.33. The zero-order valence-electron chi connectivity index (χ0n) is 11.0. The third-order valence-corrected chi connectivity index (χ3v) is 2.66. The molecule has 0 aliphatic heterocycles. The van der Waals surface area contributed by atoms with Gasteiger partial charge in [0.15, 0.2) is 0 Å². The topological polar surface area (TPSA) is 58.5 Å². The lowest BCUT2D eigenvalue weighted by atomic mass is 10.2. The fraction of sp³-hybridized carbons (Fsp3) is 0.667. The second-order valence-corrected chi connectivity index (χ2v) is 4.22. The van der Waals surface area contributed by atoms with Gasteiger partial charge >= 0.3 is 0 Å². The molecule has 0 aliphatic rings. The predicted octanol–water partition coefficient (Wildman–Crippen LogP) is 1.14. The van der Waals surface area contributed by atoms with Crippen LogP contribution in [0.4, 0.5) is 5.95 Å². The van der Waals surface area contributed by atoms with Gasteiger partial charge in [0, 0.05) is 37.2 Å². The van der Waals surface area contributed by atoms with E-state index in [1.165, 1.54) is 0 Å². The first-order valence-corrected chi connectivity index (χ1v) is 5.79. The number of hydrogen-bond acceptors (Lipinski definition) is 5. The maximum atomic E-state index is 9.08. The summed E-state index contributed by atoms with van der Waals surface area (Å²) in [6.07, 6.45) is 1.68. The highest BCUT2D eigenvalue weighted by atomic mass is 16.5. The lowest BCUT2D eigenvalue weighted by Gasteiger charge is -2.26. The summed E-state index contributed by atoms with van der Waals surface area (Å²) < 4.78 is 5.08. The molecule has 1 aromatic heterocycles. The molecule has 0 amide bonds. The van der Waals surface area contributed by atoms with Gasteiger partial charge < -0.3 is 14.7 Å². The van der Waals surface area contributed by atoms with Crippen LogP contribution in [0.5, 0.6) is 0 Å². The maximum Gasteiger partial charge on any atom is 0.225 e. The van der Waals surface area contributed by atoms with Gasteiger partial charge in [-0.15, -0.1) is 0 Å². The van der Waals surface area contributed by atoms with Crippen molar-refractivity contribution in [2.24, 2.45) is 0 Å². The van der Waals surface area contributed by atoms with Crippen molar-refractivity contribution in [1.29, 1.82) is 0 Å². The van der Waals surface area contributed by atoms with Crippen LogP contribution in [0.3, 0.4) is 0 Å². The van der Waals surface area contributed by atoms with Crippen molar-refractivity contribution in [3.05, 3.63) is 17.5 Å². The van der Waals surface area contributed by atoms with E-state index in [-0.39, 0.29) is 6.61 Å². The Balaban J connectivity index is 2.90. The van der Waals surface area contributed by atoms with Crippen molar-refractivity contribution < 1.29 is 9.84 Å². The molecule has 0 unspecified atom stereocenters. The Morgan fingerprint density at radius 1 is 1.47 bits per heavy atom. The maximum absolute atomic E-state index is 9.08. The van der Waals surface area contributed by atoms with Crippen LogP contribution in [0.2, 0.25) is 0 Å². The van der Waals surface area contributed by atoms with Crippen molar-refractivity contribution in [3.8, 4) is 0 Å². The highest BCUT2D eigenvalue weighted by Crippen LogP contribution is 2.13. The molecule has 0 aliphatic carbocycles. The Morgan fingerprint density at radius 3 is 2.65 bits per heavy atom. The second kappa shape index (κ2) is 6.51. The monoisotopic (exact) mass is 239 g/mol. The summed E-state index contributed by atoms with van der Waals surface area (Å²) in [6.45, 7) is 7.44. The van der Waals surface area contributed by atoms with Crippen molar-refractivity contribution in [2.45, 2.75) is 33.4 Å². The Kier molecular flexibility index (Phi) is 5.31. The van der Waals surface area contributed by atoms with Crippen LogP contribution in [0.1, 0.15) is 25.1 Å². The zero-order chi connectivity index (χ0) is 12.8. The minimum Gasteiger partial charge on any atom is -0.392 e. The molecule has 0 spiro atoms. The molecule has 0 aromatic carbocycles. The van der Waals surface area contributed by atoms with Crippen LogP contribution in [0.25, 0.3) is 0 Å². The number of nitrogens with zero attached hydrogens (tertiary/aromatic N) is 3. The average Bonchev–Trinajstić information content (AvgIpc) is 2.29. The van der Waals surface area contributed by atoms with Gasteiger partial charge in [-0.1, -0.05) is 0 Å². The van der Waals surface area contributed by atoms with Crippen LogP contribution in [0, 0.1) is 6.92 Å².